The van der Waals surface area contributed by atoms with Crippen LogP contribution in [0.4, 0.5) is 0 Å². The van der Waals surface area contributed by atoms with Gasteiger partial charge in [-0.1, -0.05) is 30.7 Å². The summed E-state index contributed by atoms with van der Waals surface area (Å²) in [5.74, 6) is 0.671. The molecule has 84 valence electrons. The molecule has 0 aromatic heterocycles. The summed E-state index contributed by atoms with van der Waals surface area (Å²) in [6, 6.07) is 7.69. The number of hydrogen-bond donors (Lipinski definition) is 1. The van der Waals surface area contributed by atoms with Gasteiger partial charge in [0.15, 0.2) is 0 Å². The second-order valence-electron chi connectivity index (χ2n) is 3.71. The van der Waals surface area contributed by atoms with E-state index in [0.29, 0.717) is 12.5 Å². The van der Waals surface area contributed by atoms with Crippen molar-refractivity contribution >= 4 is 23.1 Å². The second-order valence-corrected chi connectivity index (χ2v) is 4.15. The van der Waals surface area contributed by atoms with Gasteiger partial charge in [-0.05, 0) is 24.1 Å². The van der Waals surface area contributed by atoms with Crippen LogP contribution < -0.4 is 5.73 Å². The lowest BCUT2D eigenvalue weighted by Gasteiger charge is -2.21. The number of hydrogen-bond acceptors (Lipinski definition) is 3. The van der Waals surface area contributed by atoms with Crippen molar-refractivity contribution in [1.82, 2.24) is 0 Å². The Kier molecular flexibility index (Phi) is 3.25. The first kappa shape index (κ1) is 11.1. The van der Waals surface area contributed by atoms with E-state index in [1.807, 2.05) is 24.3 Å². The van der Waals surface area contributed by atoms with Crippen LogP contribution in [0.5, 0.6) is 0 Å². The normalized spacial score (nSPS) is 20.2. The van der Waals surface area contributed by atoms with Crippen molar-refractivity contribution in [1.29, 1.82) is 0 Å². The molecule has 1 atom stereocenters. The van der Waals surface area contributed by atoms with Gasteiger partial charge < -0.3 is 5.73 Å². The van der Waals surface area contributed by atoms with E-state index in [1.54, 1.807) is 0 Å². The molecular formula is C12H14ClN3. The Labute approximate surface area is 100 Å². The Morgan fingerprint density at radius 3 is 2.62 bits per heavy atom. The molecule has 0 spiro atoms. The number of rotatable bonds is 2. The van der Waals surface area contributed by atoms with Gasteiger partial charge >= 0.3 is 0 Å². The Bertz CT molecular complexity index is 434. The van der Waals surface area contributed by atoms with Crippen LogP contribution in [0.3, 0.4) is 0 Å². The third-order valence-electron chi connectivity index (χ3n) is 2.72. The Morgan fingerprint density at radius 2 is 2.00 bits per heavy atom. The van der Waals surface area contributed by atoms with E-state index >= 15 is 0 Å². The highest BCUT2D eigenvalue weighted by Crippen LogP contribution is 2.23. The quantitative estimate of drug-likeness (QED) is 0.842. The van der Waals surface area contributed by atoms with Crippen LogP contribution >= 0.6 is 11.6 Å². The minimum absolute atomic E-state index is 0.0241. The largest absolute Gasteiger partial charge is 0.387 e. The molecule has 1 aliphatic rings. The standard InChI is InChI=1S/C12H14ClN3/c1-2-10-11(12(14)16-7-15-10)8-3-5-9(13)6-4-8/h3-6,11H,2,7H2,1H3,(H2,14,16). The molecule has 2 rings (SSSR count). The zero-order valence-electron chi connectivity index (χ0n) is 9.15. The lowest BCUT2D eigenvalue weighted by Crippen LogP contribution is -2.31. The number of nitrogens with two attached hydrogens (primary N) is 1. The van der Waals surface area contributed by atoms with Crippen LogP contribution in [0.25, 0.3) is 0 Å². The number of halogens is 1. The van der Waals surface area contributed by atoms with Crippen molar-refractivity contribution in [3.8, 4) is 0 Å². The highest BCUT2D eigenvalue weighted by atomic mass is 35.5. The first-order valence-corrected chi connectivity index (χ1v) is 5.68. The molecule has 3 nitrogen and oxygen atoms in total. The summed E-state index contributed by atoms with van der Waals surface area (Å²) < 4.78 is 0. The maximum absolute atomic E-state index is 5.95. The van der Waals surface area contributed by atoms with Gasteiger partial charge in [-0.15, -0.1) is 0 Å². The van der Waals surface area contributed by atoms with Crippen LogP contribution in [-0.2, 0) is 0 Å². The number of benzene rings is 1. The van der Waals surface area contributed by atoms with Crippen molar-refractivity contribution in [3.63, 3.8) is 0 Å². The van der Waals surface area contributed by atoms with E-state index in [-0.39, 0.29) is 5.92 Å². The van der Waals surface area contributed by atoms with E-state index in [2.05, 4.69) is 16.9 Å². The van der Waals surface area contributed by atoms with Crippen molar-refractivity contribution in [2.75, 3.05) is 6.67 Å². The van der Waals surface area contributed by atoms with Crippen LogP contribution in [0.15, 0.2) is 34.3 Å². The van der Waals surface area contributed by atoms with Gasteiger partial charge in [0.1, 0.15) is 12.5 Å². The Balaban J connectivity index is 2.36. The monoisotopic (exact) mass is 235 g/mol. The van der Waals surface area contributed by atoms with Crippen molar-refractivity contribution < 1.29 is 0 Å². The molecule has 1 heterocycles. The smallest absolute Gasteiger partial charge is 0.131 e. The molecule has 2 N–H and O–H groups in total. The molecule has 0 fully saturated rings. The van der Waals surface area contributed by atoms with E-state index in [1.165, 1.54) is 0 Å². The molecule has 0 saturated carbocycles. The summed E-state index contributed by atoms with van der Waals surface area (Å²) >= 11 is 5.87. The first-order valence-electron chi connectivity index (χ1n) is 5.31. The van der Waals surface area contributed by atoms with Gasteiger partial charge in [0.2, 0.25) is 0 Å². The maximum Gasteiger partial charge on any atom is 0.131 e. The average molecular weight is 236 g/mol. The molecule has 1 aliphatic heterocycles. The molecule has 4 heteroatoms. The summed E-state index contributed by atoms with van der Waals surface area (Å²) in [6.45, 7) is 2.54. The fourth-order valence-corrected chi connectivity index (χ4v) is 2.02. The van der Waals surface area contributed by atoms with Crippen LogP contribution in [0, 0.1) is 0 Å². The summed E-state index contributed by atoms with van der Waals surface area (Å²) in [4.78, 5) is 8.58. The Hall–Kier alpha value is -1.35. The fourth-order valence-electron chi connectivity index (χ4n) is 1.90. The predicted octanol–water partition coefficient (Wildman–Crippen LogP) is 2.60. The zero-order chi connectivity index (χ0) is 11.5. The zero-order valence-corrected chi connectivity index (χ0v) is 9.91. The van der Waals surface area contributed by atoms with E-state index < -0.39 is 0 Å². The SMILES string of the molecule is CCC1=NCN=C(N)C1c1ccc(Cl)cc1. The first-order chi connectivity index (χ1) is 7.72. The van der Waals surface area contributed by atoms with E-state index in [9.17, 15) is 0 Å². The summed E-state index contributed by atoms with van der Waals surface area (Å²) in [6.07, 6.45) is 0.892. The molecule has 1 aromatic carbocycles. The highest BCUT2D eigenvalue weighted by Gasteiger charge is 2.23. The van der Waals surface area contributed by atoms with Gasteiger partial charge in [0, 0.05) is 10.7 Å². The predicted molar refractivity (Wildman–Crippen MR) is 68.4 cm³/mol. The lowest BCUT2D eigenvalue weighted by molar-refractivity contribution is 0.947. The minimum Gasteiger partial charge on any atom is -0.387 e. The maximum atomic E-state index is 5.95. The van der Waals surface area contributed by atoms with Crippen LogP contribution in [-0.4, -0.2) is 18.2 Å². The van der Waals surface area contributed by atoms with Crippen molar-refractivity contribution in [3.05, 3.63) is 34.9 Å². The number of aliphatic imine (C=N–C) groups is 2. The van der Waals surface area contributed by atoms with Crippen molar-refractivity contribution in [2.45, 2.75) is 19.3 Å². The number of amidine groups is 1. The van der Waals surface area contributed by atoms with Gasteiger partial charge in [0.05, 0.1) is 5.92 Å². The summed E-state index contributed by atoms with van der Waals surface area (Å²) in [5, 5.41) is 0.727. The van der Waals surface area contributed by atoms with Gasteiger partial charge in [-0.25, -0.2) is 4.99 Å². The van der Waals surface area contributed by atoms with Gasteiger partial charge in [-0.3, -0.25) is 4.99 Å². The highest BCUT2D eigenvalue weighted by molar-refractivity contribution is 6.30. The molecule has 0 radical (unpaired) electrons. The molecule has 0 amide bonds. The average Bonchev–Trinajstić information content (AvgIpc) is 2.30. The summed E-state index contributed by atoms with van der Waals surface area (Å²) in [7, 11) is 0. The third kappa shape index (κ3) is 2.09. The van der Waals surface area contributed by atoms with Gasteiger partial charge in [-0.2, -0.15) is 0 Å². The topological polar surface area (TPSA) is 50.7 Å². The molecule has 1 aromatic rings. The van der Waals surface area contributed by atoms with Crippen LogP contribution in [0.2, 0.25) is 5.02 Å². The lowest BCUT2D eigenvalue weighted by atomic mass is 9.91. The molecular weight excluding hydrogens is 222 g/mol. The second kappa shape index (κ2) is 4.66. The van der Waals surface area contributed by atoms with Crippen LogP contribution in [0.1, 0.15) is 24.8 Å². The minimum atomic E-state index is 0.0241. The van der Waals surface area contributed by atoms with E-state index in [4.69, 9.17) is 17.3 Å². The molecule has 0 saturated heterocycles. The number of nitrogens with zero attached hydrogens (tertiary/aromatic N) is 2. The molecule has 0 bridgehead atoms. The molecule has 1 unspecified atom stereocenters. The van der Waals surface area contributed by atoms with Crippen molar-refractivity contribution in [2.24, 2.45) is 15.7 Å². The van der Waals surface area contributed by atoms with E-state index in [0.717, 1.165) is 22.7 Å². The molecule has 0 aliphatic carbocycles. The summed E-state index contributed by atoms with van der Waals surface area (Å²) in [5.41, 5.74) is 8.15. The van der Waals surface area contributed by atoms with Gasteiger partial charge in [0.25, 0.3) is 0 Å². The fraction of sp³-hybridized carbons (Fsp3) is 0.333. The molecule has 16 heavy (non-hydrogen) atoms. The third-order valence-corrected chi connectivity index (χ3v) is 2.97. The Morgan fingerprint density at radius 1 is 1.31 bits per heavy atom.